The summed E-state index contributed by atoms with van der Waals surface area (Å²) in [5.41, 5.74) is 3.48. The lowest BCUT2D eigenvalue weighted by Crippen LogP contribution is -2.47. The summed E-state index contributed by atoms with van der Waals surface area (Å²) in [6, 6.07) is 14.3. The predicted octanol–water partition coefficient (Wildman–Crippen LogP) is 4.09. The van der Waals surface area contributed by atoms with Gasteiger partial charge in [0.15, 0.2) is 0 Å². The fraction of sp³-hybridized carbons (Fsp3) is 0.333. The van der Waals surface area contributed by atoms with Crippen LogP contribution in [0.2, 0.25) is 0 Å². The quantitative estimate of drug-likeness (QED) is 0.833. The van der Waals surface area contributed by atoms with Gasteiger partial charge in [-0.25, -0.2) is 0 Å². The van der Waals surface area contributed by atoms with Crippen molar-refractivity contribution < 1.29 is 9.59 Å². The van der Waals surface area contributed by atoms with Crippen LogP contribution >= 0.6 is 0 Å². The molecule has 0 radical (unpaired) electrons. The molecule has 0 fully saturated rings. The van der Waals surface area contributed by atoms with Crippen LogP contribution in [-0.2, 0) is 4.79 Å². The van der Waals surface area contributed by atoms with Gasteiger partial charge in [-0.2, -0.15) is 0 Å². The van der Waals surface area contributed by atoms with Crippen LogP contribution in [0.3, 0.4) is 0 Å². The molecule has 2 rings (SSSR count). The van der Waals surface area contributed by atoms with Crippen molar-refractivity contribution in [1.29, 1.82) is 0 Å². The zero-order valence-corrected chi connectivity index (χ0v) is 15.3. The highest BCUT2D eigenvalue weighted by atomic mass is 16.2. The van der Waals surface area contributed by atoms with Crippen LogP contribution in [0.1, 0.15) is 41.8 Å². The van der Waals surface area contributed by atoms with Crippen LogP contribution in [0, 0.1) is 19.8 Å². The zero-order chi connectivity index (χ0) is 18.4. The minimum Gasteiger partial charge on any atom is -0.340 e. The van der Waals surface area contributed by atoms with Crippen molar-refractivity contribution >= 4 is 17.5 Å². The molecule has 2 aromatic carbocycles. The molecule has 0 heterocycles. The molecule has 0 saturated heterocycles. The zero-order valence-electron chi connectivity index (χ0n) is 15.3. The molecule has 25 heavy (non-hydrogen) atoms. The summed E-state index contributed by atoms with van der Waals surface area (Å²) in [5, 5.41) is 5.82. The Morgan fingerprint density at radius 2 is 1.60 bits per heavy atom. The van der Waals surface area contributed by atoms with E-state index in [-0.39, 0.29) is 17.7 Å². The van der Waals surface area contributed by atoms with E-state index in [0.717, 1.165) is 23.2 Å². The van der Waals surface area contributed by atoms with E-state index in [4.69, 9.17) is 0 Å². The third-order valence-corrected chi connectivity index (χ3v) is 4.31. The van der Waals surface area contributed by atoms with Gasteiger partial charge in [-0.05, 0) is 55.2 Å². The predicted molar refractivity (Wildman–Crippen MR) is 102 cm³/mol. The number of rotatable bonds is 6. The average Bonchev–Trinajstić information content (AvgIpc) is 2.58. The topological polar surface area (TPSA) is 58.2 Å². The number of aryl methyl sites for hydroxylation is 2. The van der Waals surface area contributed by atoms with E-state index in [1.807, 2.05) is 58.0 Å². The molecule has 0 aliphatic heterocycles. The minimum absolute atomic E-state index is 0.0265. The van der Waals surface area contributed by atoms with Crippen molar-refractivity contribution in [2.24, 2.45) is 5.92 Å². The fourth-order valence-corrected chi connectivity index (χ4v) is 2.78. The smallest absolute Gasteiger partial charge is 0.251 e. The Morgan fingerprint density at radius 1 is 1.00 bits per heavy atom. The van der Waals surface area contributed by atoms with Gasteiger partial charge in [0.25, 0.3) is 5.91 Å². The van der Waals surface area contributed by atoms with Gasteiger partial charge in [0.2, 0.25) is 5.91 Å². The van der Waals surface area contributed by atoms with Crippen molar-refractivity contribution in [3.63, 3.8) is 0 Å². The van der Waals surface area contributed by atoms with Crippen molar-refractivity contribution in [3.05, 3.63) is 65.2 Å². The van der Waals surface area contributed by atoms with Gasteiger partial charge in [-0.15, -0.1) is 0 Å². The standard InChI is InChI=1S/C21H26N2O2/c1-5-16(4)19(23-20(24)17-9-7-6-8-10-17)21(25)22-18-12-14(2)11-15(3)13-18/h6-13,16,19H,5H2,1-4H3,(H,22,25)(H,23,24)/t16-,19-/m0/s1. The molecule has 4 heteroatoms. The Kier molecular flexibility index (Phi) is 6.34. The minimum atomic E-state index is -0.585. The molecular weight excluding hydrogens is 312 g/mol. The lowest BCUT2D eigenvalue weighted by atomic mass is 9.97. The fourth-order valence-electron chi connectivity index (χ4n) is 2.78. The highest BCUT2D eigenvalue weighted by Crippen LogP contribution is 2.16. The molecule has 2 N–H and O–H groups in total. The van der Waals surface area contributed by atoms with E-state index in [1.54, 1.807) is 12.1 Å². The van der Waals surface area contributed by atoms with E-state index in [0.29, 0.717) is 5.56 Å². The summed E-state index contributed by atoms with van der Waals surface area (Å²) in [6.07, 6.45) is 0.792. The number of carbonyl (C=O) groups is 2. The largest absolute Gasteiger partial charge is 0.340 e. The third kappa shape index (κ3) is 5.18. The molecule has 0 saturated carbocycles. The highest BCUT2D eigenvalue weighted by Gasteiger charge is 2.26. The van der Waals surface area contributed by atoms with Gasteiger partial charge in [-0.3, -0.25) is 9.59 Å². The maximum absolute atomic E-state index is 12.8. The Balaban J connectivity index is 2.16. The highest BCUT2D eigenvalue weighted by molar-refractivity contribution is 6.01. The molecule has 2 aromatic rings. The van der Waals surface area contributed by atoms with E-state index in [1.165, 1.54) is 0 Å². The first-order chi connectivity index (χ1) is 11.9. The summed E-state index contributed by atoms with van der Waals surface area (Å²) in [6.45, 7) is 7.96. The SMILES string of the molecule is CC[C@H](C)[C@H](NC(=O)c1ccccc1)C(=O)Nc1cc(C)cc(C)c1. The van der Waals surface area contributed by atoms with Gasteiger partial charge in [-0.1, -0.05) is 44.5 Å². The molecule has 0 unspecified atom stereocenters. The van der Waals surface area contributed by atoms with Crippen LogP contribution in [0.15, 0.2) is 48.5 Å². The Hall–Kier alpha value is -2.62. The van der Waals surface area contributed by atoms with Gasteiger partial charge in [0.1, 0.15) is 6.04 Å². The molecule has 0 spiro atoms. The molecule has 2 amide bonds. The summed E-state index contributed by atoms with van der Waals surface area (Å²) in [5.74, 6) is -0.399. The molecule has 132 valence electrons. The first-order valence-corrected chi connectivity index (χ1v) is 8.65. The molecule has 0 aromatic heterocycles. The maximum atomic E-state index is 12.8. The lowest BCUT2D eigenvalue weighted by molar-refractivity contribution is -0.119. The number of hydrogen-bond acceptors (Lipinski definition) is 2. The Labute approximate surface area is 149 Å². The van der Waals surface area contributed by atoms with Crippen LogP contribution < -0.4 is 10.6 Å². The maximum Gasteiger partial charge on any atom is 0.251 e. The first-order valence-electron chi connectivity index (χ1n) is 8.65. The third-order valence-electron chi connectivity index (χ3n) is 4.31. The number of nitrogens with one attached hydrogen (secondary N) is 2. The van der Waals surface area contributed by atoms with Crippen molar-refractivity contribution in [2.45, 2.75) is 40.2 Å². The molecule has 2 atom stereocenters. The van der Waals surface area contributed by atoms with Crippen molar-refractivity contribution in [2.75, 3.05) is 5.32 Å². The van der Waals surface area contributed by atoms with Gasteiger partial charge in [0, 0.05) is 11.3 Å². The molecule has 0 aliphatic rings. The van der Waals surface area contributed by atoms with E-state index < -0.39 is 6.04 Å². The number of benzene rings is 2. The molecular formula is C21H26N2O2. The van der Waals surface area contributed by atoms with Crippen LogP contribution in [0.25, 0.3) is 0 Å². The average molecular weight is 338 g/mol. The number of anilines is 1. The second kappa shape index (κ2) is 8.47. The van der Waals surface area contributed by atoms with Gasteiger partial charge >= 0.3 is 0 Å². The van der Waals surface area contributed by atoms with E-state index in [9.17, 15) is 9.59 Å². The normalized spacial score (nSPS) is 13.0. The Bertz CT molecular complexity index is 721. The van der Waals surface area contributed by atoms with E-state index in [2.05, 4.69) is 16.7 Å². The number of amides is 2. The van der Waals surface area contributed by atoms with E-state index >= 15 is 0 Å². The lowest BCUT2D eigenvalue weighted by Gasteiger charge is -2.24. The summed E-state index contributed by atoms with van der Waals surface area (Å²) in [7, 11) is 0. The van der Waals surface area contributed by atoms with Gasteiger partial charge < -0.3 is 10.6 Å². The molecule has 0 bridgehead atoms. The monoisotopic (exact) mass is 338 g/mol. The second-order valence-electron chi connectivity index (χ2n) is 6.57. The molecule has 0 aliphatic carbocycles. The summed E-state index contributed by atoms with van der Waals surface area (Å²) < 4.78 is 0. The van der Waals surface area contributed by atoms with Crippen molar-refractivity contribution in [1.82, 2.24) is 5.32 Å². The summed E-state index contributed by atoms with van der Waals surface area (Å²) in [4.78, 5) is 25.2. The molecule has 4 nitrogen and oxygen atoms in total. The van der Waals surface area contributed by atoms with Crippen LogP contribution in [0.4, 0.5) is 5.69 Å². The van der Waals surface area contributed by atoms with Crippen LogP contribution in [-0.4, -0.2) is 17.9 Å². The Morgan fingerprint density at radius 3 is 2.16 bits per heavy atom. The van der Waals surface area contributed by atoms with Crippen molar-refractivity contribution in [3.8, 4) is 0 Å². The second-order valence-corrected chi connectivity index (χ2v) is 6.57. The summed E-state index contributed by atoms with van der Waals surface area (Å²) >= 11 is 0. The van der Waals surface area contributed by atoms with Crippen LogP contribution in [0.5, 0.6) is 0 Å². The first kappa shape index (κ1) is 18.7. The van der Waals surface area contributed by atoms with Gasteiger partial charge in [0.05, 0.1) is 0 Å². The number of carbonyl (C=O) groups excluding carboxylic acids is 2. The number of hydrogen-bond donors (Lipinski definition) is 2.